The van der Waals surface area contributed by atoms with E-state index >= 15 is 0 Å². The molecule has 21 heavy (non-hydrogen) atoms. The van der Waals surface area contributed by atoms with Gasteiger partial charge in [0, 0.05) is 18.9 Å². The van der Waals surface area contributed by atoms with Gasteiger partial charge in [0.15, 0.2) is 0 Å². The molecule has 1 atom stereocenters. The first kappa shape index (κ1) is 13.9. The molecule has 0 aliphatic heterocycles. The second-order valence-electron chi connectivity index (χ2n) is 4.33. The van der Waals surface area contributed by atoms with Crippen LogP contribution in [0.5, 0.6) is 0 Å². The van der Waals surface area contributed by atoms with Gasteiger partial charge in [0.1, 0.15) is 11.8 Å². The Morgan fingerprint density at radius 1 is 1.43 bits per heavy atom. The van der Waals surface area contributed by atoms with Crippen LogP contribution in [0.3, 0.4) is 0 Å². The lowest BCUT2D eigenvalue weighted by atomic mass is 10.2. The monoisotopic (exact) mass is 321 g/mol. The van der Waals surface area contributed by atoms with E-state index in [2.05, 4.69) is 10.4 Å². The lowest BCUT2D eigenvalue weighted by molar-refractivity contribution is 0.0952. The summed E-state index contributed by atoms with van der Waals surface area (Å²) in [5, 5.41) is 7.10. The van der Waals surface area contributed by atoms with Gasteiger partial charge in [0.2, 0.25) is 0 Å². The van der Waals surface area contributed by atoms with Crippen molar-refractivity contribution >= 4 is 28.8 Å². The second kappa shape index (κ2) is 6.15. The van der Waals surface area contributed by atoms with Crippen LogP contribution in [0.2, 0.25) is 4.34 Å². The van der Waals surface area contributed by atoms with Crippen molar-refractivity contribution in [2.45, 2.75) is 6.04 Å². The van der Waals surface area contributed by atoms with Crippen LogP contribution in [0.25, 0.3) is 0 Å². The van der Waals surface area contributed by atoms with Crippen molar-refractivity contribution in [2.24, 2.45) is 0 Å². The Labute approximate surface area is 130 Å². The third-order valence-electron chi connectivity index (χ3n) is 2.97. The van der Waals surface area contributed by atoms with Gasteiger partial charge in [-0.15, -0.1) is 11.3 Å². The van der Waals surface area contributed by atoms with Crippen LogP contribution in [0.4, 0.5) is 0 Å². The molecule has 108 valence electrons. The van der Waals surface area contributed by atoms with Gasteiger partial charge in [-0.2, -0.15) is 5.10 Å². The van der Waals surface area contributed by atoms with Crippen molar-refractivity contribution in [1.29, 1.82) is 0 Å². The van der Waals surface area contributed by atoms with Crippen LogP contribution in [-0.2, 0) is 0 Å². The Morgan fingerprint density at radius 3 is 2.95 bits per heavy atom. The Kier molecular flexibility index (Phi) is 4.08. The number of hydrogen-bond acceptors (Lipinski definition) is 4. The first-order valence-corrected chi connectivity index (χ1v) is 7.49. The lowest BCUT2D eigenvalue weighted by Crippen LogP contribution is -2.31. The summed E-state index contributed by atoms with van der Waals surface area (Å²) in [6.45, 7) is 0.379. The predicted molar refractivity (Wildman–Crippen MR) is 80.7 cm³/mol. The fraction of sp³-hybridized carbons (Fsp3) is 0.143. The van der Waals surface area contributed by atoms with E-state index in [9.17, 15) is 4.79 Å². The van der Waals surface area contributed by atoms with Gasteiger partial charge in [-0.05, 0) is 30.3 Å². The average Bonchev–Trinajstić information content (AvgIpc) is 3.21. The fourth-order valence-electron chi connectivity index (χ4n) is 1.98. The minimum Gasteiger partial charge on any atom is -0.467 e. The van der Waals surface area contributed by atoms with Crippen LogP contribution >= 0.6 is 22.9 Å². The van der Waals surface area contributed by atoms with E-state index in [1.165, 1.54) is 11.3 Å². The van der Waals surface area contributed by atoms with Crippen molar-refractivity contribution in [2.75, 3.05) is 6.54 Å². The Hall–Kier alpha value is -2.05. The molecular weight excluding hydrogens is 310 g/mol. The molecule has 1 N–H and O–H groups in total. The molecule has 3 rings (SSSR count). The number of hydrogen-bond donors (Lipinski definition) is 1. The number of thiophene rings is 1. The number of aromatic nitrogens is 2. The summed E-state index contributed by atoms with van der Waals surface area (Å²) in [6, 6.07) is 8.73. The molecule has 0 fully saturated rings. The van der Waals surface area contributed by atoms with Crippen molar-refractivity contribution < 1.29 is 9.21 Å². The van der Waals surface area contributed by atoms with Gasteiger partial charge in [0.25, 0.3) is 5.91 Å². The van der Waals surface area contributed by atoms with Gasteiger partial charge < -0.3 is 9.73 Å². The topological polar surface area (TPSA) is 60.1 Å². The molecule has 3 aromatic heterocycles. The summed E-state index contributed by atoms with van der Waals surface area (Å²) in [7, 11) is 0. The number of amides is 1. The molecule has 0 bridgehead atoms. The summed E-state index contributed by atoms with van der Waals surface area (Å²) < 4.78 is 7.77. The van der Waals surface area contributed by atoms with E-state index in [-0.39, 0.29) is 11.9 Å². The van der Waals surface area contributed by atoms with E-state index in [0.717, 1.165) is 5.76 Å². The molecule has 3 heterocycles. The maximum absolute atomic E-state index is 12.1. The second-order valence-corrected chi connectivity index (χ2v) is 6.05. The summed E-state index contributed by atoms with van der Waals surface area (Å²) in [4.78, 5) is 12.7. The molecule has 0 saturated heterocycles. The molecule has 0 aromatic carbocycles. The highest BCUT2D eigenvalue weighted by Crippen LogP contribution is 2.22. The van der Waals surface area contributed by atoms with Crippen molar-refractivity contribution in [3.63, 3.8) is 0 Å². The Bertz CT molecular complexity index is 672. The maximum atomic E-state index is 12.1. The van der Waals surface area contributed by atoms with E-state index in [1.807, 2.05) is 24.4 Å². The average molecular weight is 322 g/mol. The number of furan rings is 1. The molecule has 0 unspecified atom stereocenters. The van der Waals surface area contributed by atoms with Crippen molar-refractivity contribution in [3.05, 3.63) is 64.0 Å². The van der Waals surface area contributed by atoms with Gasteiger partial charge in [-0.3, -0.25) is 9.48 Å². The standard InChI is InChI=1S/C14H12ClN3O2S/c15-13-5-4-12(21-13)14(19)16-9-10(11-3-1-8-20-11)18-7-2-6-17-18/h1-8,10H,9H2,(H,16,19)/t10-/m0/s1. The Balaban J connectivity index is 1.72. The molecule has 0 aliphatic carbocycles. The van der Waals surface area contributed by atoms with Crippen molar-refractivity contribution in [1.82, 2.24) is 15.1 Å². The van der Waals surface area contributed by atoms with E-state index < -0.39 is 0 Å². The number of carbonyl (C=O) groups excluding carboxylic acids is 1. The van der Waals surface area contributed by atoms with E-state index in [0.29, 0.717) is 15.8 Å². The number of nitrogens with one attached hydrogen (secondary N) is 1. The van der Waals surface area contributed by atoms with Crippen LogP contribution < -0.4 is 5.32 Å². The zero-order chi connectivity index (χ0) is 14.7. The summed E-state index contributed by atoms with van der Waals surface area (Å²) in [5.41, 5.74) is 0. The molecule has 3 aromatic rings. The fourth-order valence-corrected chi connectivity index (χ4v) is 2.94. The van der Waals surface area contributed by atoms with E-state index in [1.54, 1.807) is 29.3 Å². The smallest absolute Gasteiger partial charge is 0.261 e. The van der Waals surface area contributed by atoms with Crippen molar-refractivity contribution in [3.8, 4) is 0 Å². The molecular formula is C14H12ClN3O2S. The van der Waals surface area contributed by atoms with E-state index in [4.69, 9.17) is 16.0 Å². The summed E-state index contributed by atoms with van der Waals surface area (Å²) in [5.74, 6) is 0.582. The third-order valence-corrected chi connectivity index (χ3v) is 4.20. The van der Waals surface area contributed by atoms with Crippen LogP contribution in [0.1, 0.15) is 21.5 Å². The first-order valence-electron chi connectivity index (χ1n) is 6.30. The zero-order valence-electron chi connectivity index (χ0n) is 10.9. The van der Waals surface area contributed by atoms with Crippen LogP contribution in [-0.4, -0.2) is 22.2 Å². The van der Waals surface area contributed by atoms with Gasteiger partial charge >= 0.3 is 0 Å². The minimum atomic E-state index is -0.186. The highest BCUT2D eigenvalue weighted by Gasteiger charge is 2.18. The first-order chi connectivity index (χ1) is 10.2. The van der Waals surface area contributed by atoms with Crippen LogP contribution in [0, 0.1) is 0 Å². The number of nitrogens with zero attached hydrogens (tertiary/aromatic N) is 2. The maximum Gasteiger partial charge on any atom is 0.261 e. The Morgan fingerprint density at radius 2 is 2.33 bits per heavy atom. The molecule has 0 aliphatic rings. The quantitative estimate of drug-likeness (QED) is 0.785. The third kappa shape index (κ3) is 3.17. The summed E-state index contributed by atoms with van der Waals surface area (Å²) in [6.07, 6.45) is 5.13. The highest BCUT2D eigenvalue weighted by molar-refractivity contribution is 7.17. The zero-order valence-corrected chi connectivity index (χ0v) is 12.5. The van der Waals surface area contributed by atoms with Crippen LogP contribution in [0.15, 0.2) is 53.4 Å². The largest absolute Gasteiger partial charge is 0.467 e. The number of carbonyl (C=O) groups is 1. The number of rotatable bonds is 5. The molecule has 0 saturated carbocycles. The molecule has 0 spiro atoms. The minimum absolute atomic E-state index is 0.157. The molecule has 0 radical (unpaired) electrons. The molecule has 1 amide bonds. The van der Waals surface area contributed by atoms with Gasteiger partial charge in [0.05, 0.1) is 15.5 Å². The lowest BCUT2D eigenvalue weighted by Gasteiger charge is -2.15. The normalized spacial score (nSPS) is 12.2. The molecule has 5 nitrogen and oxygen atoms in total. The SMILES string of the molecule is O=C(NC[C@@H](c1ccco1)n1cccn1)c1ccc(Cl)s1. The molecule has 7 heteroatoms. The van der Waals surface area contributed by atoms with Gasteiger partial charge in [-0.25, -0.2) is 0 Å². The highest BCUT2D eigenvalue weighted by atomic mass is 35.5. The van der Waals surface area contributed by atoms with Gasteiger partial charge in [-0.1, -0.05) is 11.6 Å². The number of halogens is 1. The predicted octanol–water partition coefficient (Wildman–Crippen LogP) is 3.21. The summed E-state index contributed by atoms with van der Waals surface area (Å²) >= 11 is 7.09.